The summed E-state index contributed by atoms with van der Waals surface area (Å²) in [4.78, 5) is 43.1. The number of imidazole rings is 1. The summed E-state index contributed by atoms with van der Waals surface area (Å²) in [5, 5.41) is 4.68. The van der Waals surface area contributed by atoms with Gasteiger partial charge in [-0.05, 0) is 48.0 Å². The summed E-state index contributed by atoms with van der Waals surface area (Å²) in [5.74, 6) is 0. The van der Waals surface area contributed by atoms with Crippen molar-refractivity contribution in [2.45, 2.75) is 65.6 Å². The molecule has 4 heterocycles. The third-order valence-electron chi connectivity index (χ3n) is 5.55. The standard InChI is InChI=1S/C21H26N8O2/c1-13-15-17(23-10-22-13)25-12-28(18(15)30)21(5,6)7-8-27-11-24-14-9-26-29(20(2,3)4)19(31)16(14)27/h9-12H,7-8H2,1-6H3. The summed E-state index contributed by atoms with van der Waals surface area (Å²) < 4.78 is 4.91. The van der Waals surface area contributed by atoms with Gasteiger partial charge in [0, 0.05) is 12.1 Å². The van der Waals surface area contributed by atoms with Crippen LogP contribution in [0.1, 0.15) is 46.7 Å². The highest BCUT2D eigenvalue weighted by atomic mass is 16.1. The fourth-order valence-electron chi connectivity index (χ4n) is 3.68. The summed E-state index contributed by atoms with van der Waals surface area (Å²) in [6, 6.07) is 0. The maximum Gasteiger partial charge on any atom is 0.293 e. The summed E-state index contributed by atoms with van der Waals surface area (Å²) in [6.45, 7) is 12.0. The van der Waals surface area contributed by atoms with Gasteiger partial charge in [0.25, 0.3) is 11.1 Å². The Bertz CT molecular complexity index is 1410. The first-order valence-electron chi connectivity index (χ1n) is 10.1. The molecule has 0 aliphatic carbocycles. The zero-order valence-corrected chi connectivity index (χ0v) is 18.6. The molecule has 4 aromatic heterocycles. The summed E-state index contributed by atoms with van der Waals surface area (Å²) in [7, 11) is 0. The van der Waals surface area contributed by atoms with Gasteiger partial charge in [-0.1, -0.05) is 0 Å². The van der Waals surface area contributed by atoms with E-state index < -0.39 is 11.1 Å². The van der Waals surface area contributed by atoms with Crippen molar-refractivity contribution < 1.29 is 0 Å². The molecule has 162 valence electrons. The molecule has 10 heteroatoms. The van der Waals surface area contributed by atoms with E-state index in [1.54, 1.807) is 24.0 Å². The molecule has 4 aromatic rings. The van der Waals surface area contributed by atoms with Gasteiger partial charge in [-0.25, -0.2) is 24.6 Å². The van der Waals surface area contributed by atoms with Crippen LogP contribution >= 0.6 is 0 Å². The van der Waals surface area contributed by atoms with Crippen molar-refractivity contribution in [1.29, 1.82) is 0 Å². The molecule has 0 aliphatic rings. The lowest BCUT2D eigenvalue weighted by Gasteiger charge is -2.27. The molecule has 0 saturated heterocycles. The molecule has 0 spiro atoms. The molecule has 0 amide bonds. The van der Waals surface area contributed by atoms with Crippen molar-refractivity contribution in [1.82, 2.24) is 38.9 Å². The van der Waals surface area contributed by atoms with Gasteiger partial charge in [-0.15, -0.1) is 0 Å². The van der Waals surface area contributed by atoms with E-state index in [9.17, 15) is 9.59 Å². The molecule has 0 N–H and O–H groups in total. The van der Waals surface area contributed by atoms with Gasteiger partial charge in [0.1, 0.15) is 29.1 Å². The molecular weight excluding hydrogens is 396 g/mol. The summed E-state index contributed by atoms with van der Waals surface area (Å²) in [5.41, 5.74) is 0.690. The Labute approximate surface area is 178 Å². The van der Waals surface area contributed by atoms with Crippen LogP contribution in [0.2, 0.25) is 0 Å². The van der Waals surface area contributed by atoms with Crippen LogP contribution in [0.25, 0.3) is 22.1 Å². The molecule has 31 heavy (non-hydrogen) atoms. The van der Waals surface area contributed by atoms with Gasteiger partial charge < -0.3 is 4.57 Å². The minimum atomic E-state index is -0.562. The summed E-state index contributed by atoms with van der Waals surface area (Å²) in [6.07, 6.45) is 6.78. The first-order valence-corrected chi connectivity index (χ1v) is 10.1. The van der Waals surface area contributed by atoms with E-state index in [0.717, 1.165) is 0 Å². The van der Waals surface area contributed by atoms with E-state index in [1.807, 2.05) is 39.2 Å². The largest absolute Gasteiger partial charge is 0.326 e. The molecule has 4 rings (SSSR count). The Balaban J connectivity index is 1.71. The molecule has 10 nitrogen and oxygen atoms in total. The van der Waals surface area contributed by atoms with Gasteiger partial charge in [0.15, 0.2) is 5.65 Å². The lowest BCUT2D eigenvalue weighted by Crippen LogP contribution is -2.38. The van der Waals surface area contributed by atoms with Gasteiger partial charge in [-0.2, -0.15) is 5.10 Å². The van der Waals surface area contributed by atoms with E-state index in [1.165, 1.54) is 17.3 Å². The number of hydrogen-bond donors (Lipinski definition) is 0. The number of aryl methyl sites for hydroxylation is 2. The zero-order valence-electron chi connectivity index (χ0n) is 18.6. The number of fused-ring (bicyclic) bond motifs is 2. The number of hydrogen-bond acceptors (Lipinski definition) is 7. The Hall–Kier alpha value is -3.43. The van der Waals surface area contributed by atoms with E-state index >= 15 is 0 Å². The van der Waals surface area contributed by atoms with Gasteiger partial charge in [0.2, 0.25) is 0 Å². The molecule has 0 fully saturated rings. The average molecular weight is 422 g/mol. The Morgan fingerprint density at radius 2 is 1.68 bits per heavy atom. The van der Waals surface area contributed by atoms with E-state index in [4.69, 9.17) is 0 Å². The Morgan fingerprint density at radius 3 is 2.39 bits per heavy atom. The van der Waals surface area contributed by atoms with Crippen molar-refractivity contribution in [2.24, 2.45) is 0 Å². The number of nitrogens with zero attached hydrogens (tertiary/aromatic N) is 8. The second-order valence-electron chi connectivity index (χ2n) is 9.34. The molecular formula is C21H26N8O2. The number of aromatic nitrogens is 8. The molecule has 0 atom stereocenters. The first-order chi connectivity index (χ1) is 14.5. The first kappa shape index (κ1) is 20.8. The maximum absolute atomic E-state index is 13.1. The number of rotatable bonds is 4. The molecule has 0 saturated carbocycles. The highest BCUT2D eigenvalue weighted by Gasteiger charge is 2.25. The van der Waals surface area contributed by atoms with Gasteiger partial charge in [-0.3, -0.25) is 14.2 Å². The minimum Gasteiger partial charge on any atom is -0.326 e. The lowest BCUT2D eigenvalue weighted by atomic mass is 10.00. The quantitative estimate of drug-likeness (QED) is 0.494. The molecule has 0 aromatic carbocycles. The Kier molecular flexibility index (Phi) is 4.75. The van der Waals surface area contributed by atoms with Crippen LogP contribution in [0.3, 0.4) is 0 Å². The second kappa shape index (κ2) is 7.07. The molecule has 0 radical (unpaired) electrons. The van der Waals surface area contributed by atoms with E-state index in [-0.39, 0.29) is 11.1 Å². The fraction of sp³-hybridized carbons (Fsp3) is 0.476. The smallest absolute Gasteiger partial charge is 0.293 e. The van der Waals surface area contributed by atoms with Crippen molar-refractivity contribution in [3.63, 3.8) is 0 Å². The monoisotopic (exact) mass is 422 g/mol. The van der Waals surface area contributed by atoms with Crippen molar-refractivity contribution in [2.75, 3.05) is 0 Å². The van der Waals surface area contributed by atoms with Gasteiger partial charge in [0.05, 0.1) is 23.8 Å². The zero-order chi connectivity index (χ0) is 22.6. The third-order valence-corrected chi connectivity index (χ3v) is 5.55. The topological polar surface area (TPSA) is 113 Å². The fourth-order valence-corrected chi connectivity index (χ4v) is 3.68. The van der Waals surface area contributed by atoms with Gasteiger partial charge >= 0.3 is 0 Å². The molecule has 0 bridgehead atoms. The molecule has 0 unspecified atom stereocenters. The maximum atomic E-state index is 13.1. The predicted octanol–water partition coefficient (Wildman–Crippen LogP) is 1.98. The Morgan fingerprint density at radius 1 is 0.935 bits per heavy atom. The van der Waals surface area contributed by atoms with E-state index in [0.29, 0.717) is 40.7 Å². The van der Waals surface area contributed by atoms with Crippen LogP contribution < -0.4 is 11.1 Å². The second-order valence-corrected chi connectivity index (χ2v) is 9.34. The highest BCUT2D eigenvalue weighted by molar-refractivity contribution is 5.75. The van der Waals surface area contributed by atoms with Crippen LogP contribution in [0.5, 0.6) is 0 Å². The predicted molar refractivity (Wildman–Crippen MR) is 117 cm³/mol. The van der Waals surface area contributed by atoms with Crippen molar-refractivity contribution in [3.8, 4) is 0 Å². The van der Waals surface area contributed by atoms with Crippen LogP contribution in [-0.4, -0.2) is 38.9 Å². The van der Waals surface area contributed by atoms with Crippen LogP contribution in [-0.2, 0) is 17.6 Å². The minimum absolute atomic E-state index is 0.178. The van der Waals surface area contributed by atoms with E-state index in [2.05, 4.69) is 25.0 Å². The van der Waals surface area contributed by atoms with Crippen molar-refractivity contribution >= 4 is 22.1 Å². The van der Waals surface area contributed by atoms with Crippen molar-refractivity contribution in [3.05, 3.63) is 51.6 Å². The normalized spacial score (nSPS) is 12.7. The van der Waals surface area contributed by atoms with Crippen LogP contribution in [0.4, 0.5) is 0 Å². The average Bonchev–Trinajstić information content (AvgIpc) is 3.10. The highest BCUT2D eigenvalue weighted by Crippen LogP contribution is 2.21. The third kappa shape index (κ3) is 3.51. The molecule has 0 aliphatic heterocycles. The SMILES string of the molecule is Cc1ncnc2ncn(C(C)(C)CCn3cnc4cnn(C(C)(C)C)c(=O)c43)c(=O)c12. The summed E-state index contributed by atoms with van der Waals surface area (Å²) >= 11 is 0. The lowest BCUT2D eigenvalue weighted by molar-refractivity contribution is 0.298. The van der Waals surface area contributed by atoms with Crippen LogP contribution in [0, 0.1) is 6.92 Å². The van der Waals surface area contributed by atoms with Crippen LogP contribution in [0.15, 0.2) is 34.8 Å².